The third-order valence-electron chi connectivity index (χ3n) is 8.01. The molecule has 0 unspecified atom stereocenters. The molecule has 0 N–H and O–H groups in total. The average molecular weight is 964 g/mol. The predicted octanol–water partition coefficient (Wildman–Crippen LogP) is 10.6. The van der Waals surface area contributed by atoms with Crippen molar-refractivity contribution < 1.29 is 11.2 Å². The van der Waals surface area contributed by atoms with Gasteiger partial charge >= 0.3 is 49.9 Å². The minimum atomic E-state index is 0.523. The number of rotatable bonds is 3. The molecule has 4 radical (unpaired) electrons. The Labute approximate surface area is 282 Å². The molecule has 2 heterocycles. The van der Waals surface area contributed by atoms with E-state index in [9.17, 15) is 0 Å². The van der Waals surface area contributed by atoms with Gasteiger partial charge in [0.05, 0.1) is 34.1 Å². The molecule has 0 amide bonds. The molecule has 8 rings (SSSR count). The molecular formula is C36H26I2N4Pt. The van der Waals surface area contributed by atoms with Gasteiger partial charge in [-0.2, -0.15) is 0 Å². The second-order valence-corrected chi connectivity index (χ2v) is 27.0. The Hall–Kier alpha value is -2.81. The molecule has 7 heteroatoms. The molecule has 2 aliphatic heterocycles. The van der Waals surface area contributed by atoms with E-state index < -0.39 is 0 Å². The molecule has 0 aromatic heterocycles. The summed E-state index contributed by atoms with van der Waals surface area (Å²) in [5, 5.41) is 4.81. The number of para-hydroxylation sites is 4. The van der Waals surface area contributed by atoms with Crippen LogP contribution in [0.5, 0.6) is 0 Å². The second kappa shape index (κ2) is 12.3. The Bertz CT molecular complexity index is 1820. The van der Waals surface area contributed by atoms with Crippen molar-refractivity contribution >= 4 is 94.4 Å². The van der Waals surface area contributed by atoms with E-state index in [1.807, 2.05) is 0 Å². The van der Waals surface area contributed by atoms with Gasteiger partial charge in [-0.1, -0.05) is 84.9 Å². The number of halogens is 2. The van der Waals surface area contributed by atoms with Crippen LogP contribution in [0.15, 0.2) is 121 Å². The summed E-state index contributed by atoms with van der Waals surface area (Å²) in [4.78, 5) is 8.57. The Morgan fingerprint density at radius 3 is 1.21 bits per heavy atom. The minimum absolute atomic E-state index is 0.523. The van der Waals surface area contributed by atoms with Crippen LogP contribution in [0.2, 0.25) is 0 Å². The van der Waals surface area contributed by atoms with Gasteiger partial charge in [-0.3, -0.25) is 0 Å². The Balaban J connectivity index is 0.000000963. The topological polar surface area (TPSA) is 13.0 Å². The zero-order valence-electron chi connectivity index (χ0n) is 23.4. The molecule has 0 saturated carbocycles. The number of benzene rings is 6. The van der Waals surface area contributed by atoms with E-state index in [1.165, 1.54) is 32.7 Å². The molecule has 43 heavy (non-hydrogen) atoms. The Morgan fingerprint density at radius 1 is 0.442 bits per heavy atom. The van der Waals surface area contributed by atoms with E-state index >= 15 is 0 Å². The quantitative estimate of drug-likeness (QED) is 0.164. The Morgan fingerprint density at radius 2 is 0.791 bits per heavy atom. The fourth-order valence-corrected chi connectivity index (χ4v) is 6.17. The summed E-state index contributed by atoms with van der Waals surface area (Å²) in [6, 6.07) is 43.3. The third-order valence-corrected chi connectivity index (χ3v) is 8.01. The van der Waals surface area contributed by atoms with Crippen molar-refractivity contribution in [3.8, 4) is 11.1 Å². The SMILES string of the molecule is CN1[C]N(c2ccc3ccccc3c2-c2c(N3[C]N(C)c4ccccc43)ccc3ccccc23)c2ccccc21.[I][Pt][I]. The average Bonchev–Trinajstić information content (AvgIpc) is 3.57. The molecule has 0 spiro atoms. The van der Waals surface area contributed by atoms with Crippen LogP contribution in [0.1, 0.15) is 0 Å². The van der Waals surface area contributed by atoms with Gasteiger partial charge in [0, 0.05) is 25.2 Å². The standard InChI is InChI=1S/C36H26N4.2HI.Pt/c1-37-23-39(31-17-9-7-15-29(31)37)33-21-19-25-11-3-5-13-27(25)35(33)36-28-14-6-4-12-26(28)20-22-34(36)40-24-38(2)30-16-8-10-18-32(30)40;;;/h3-22H,1-2H3;2*1H;/q;;;+2/p-2. The van der Waals surface area contributed by atoms with Crippen molar-refractivity contribution in [1.29, 1.82) is 0 Å². The van der Waals surface area contributed by atoms with Crippen LogP contribution < -0.4 is 19.6 Å². The first kappa shape index (κ1) is 28.9. The molecule has 0 saturated heterocycles. The van der Waals surface area contributed by atoms with Crippen LogP contribution >= 0.6 is 38.7 Å². The molecule has 4 nitrogen and oxygen atoms in total. The normalized spacial score (nSPS) is 13.9. The van der Waals surface area contributed by atoms with Crippen molar-refractivity contribution in [2.75, 3.05) is 33.7 Å². The zero-order valence-corrected chi connectivity index (χ0v) is 30.0. The van der Waals surface area contributed by atoms with Gasteiger partial charge in [0.15, 0.2) is 0 Å². The predicted molar refractivity (Wildman–Crippen MR) is 195 cm³/mol. The van der Waals surface area contributed by atoms with Gasteiger partial charge in [0.25, 0.3) is 0 Å². The molecular weight excluding hydrogens is 937 g/mol. The molecule has 6 aromatic carbocycles. The van der Waals surface area contributed by atoms with E-state index in [0.717, 1.165) is 34.1 Å². The number of hydrogen-bond donors (Lipinski definition) is 0. The second-order valence-electron chi connectivity index (χ2n) is 10.4. The zero-order chi connectivity index (χ0) is 29.5. The van der Waals surface area contributed by atoms with E-state index in [-0.39, 0.29) is 0 Å². The molecule has 2 aliphatic rings. The fraction of sp³-hybridized carbons (Fsp3) is 0.0556. The van der Waals surface area contributed by atoms with Crippen molar-refractivity contribution in [2.45, 2.75) is 0 Å². The van der Waals surface area contributed by atoms with Crippen molar-refractivity contribution in [3.05, 3.63) is 135 Å². The van der Waals surface area contributed by atoms with Crippen molar-refractivity contribution in [3.63, 3.8) is 0 Å². The molecule has 0 bridgehead atoms. The van der Waals surface area contributed by atoms with Gasteiger partial charge in [-0.25, -0.2) is 0 Å². The molecule has 6 aromatic rings. The summed E-state index contributed by atoms with van der Waals surface area (Å²) in [6.07, 6.45) is 0. The molecule has 214 valence electrons. The van der Waals surface area contributed by atoms with Crippen LogP contribution in [0, 0.1) is 13.3 Å². The first-order chi connectivity index (χ1) is 21.1. The van der Waals surface area contributed by atoms with E-state index in [2.05, 4.69) is 207 Å². The maximum absolute atomic E-state index is 3.60. The summed E-state index contributed by atoms with van der Waals surface area (Å²) in [5.74, 6) is 0. The number of nitrogens with zero attached hydrogens (tertiary/aromatic N) is 4. The Kier molecular flexibility index (Phi) is 8.27. The number of hydrogen-bond acceptors (Lipinski definition) is 4. The van der Waals surface area contributed by atoms with E-state index in [4.69, 9.17) is 0 Å². The number of fused-ring (bicyclic) bond motifs is 4. The third kappa shape index (κ3) is 5.09. The first-order valence-electron chi connectivity index (χ1n) is 13.8. The van der Waals surface area contributed by atoms with E-state index in [1.54, 1.807) is 0 Å². The first-order valence-corrected chi connectivity index (χ1v) is 26.6. The summed E-state index contributed by atoms with van der Waals surface area (Å²) < 4.78 is 0. The summed E-state index contributed by atoms with van der Waals surface area (Å²) >= 11 is 5.30. The molecule has 0 aliphatic carbocycles. The van der Waals surface area contributed by atoms with Crippen LogP contribution in [0.25, 0.3) is 32.7 Å². The summed E-state index contributed by atoms with van der Waals surface area (Å²) in [5.41, 5.74) is 9.05. The van der Waals surface area contributed by atoms with E-state index in [0.29, 0.717) is 11.2 Å². The van der Waals surface area contributed by atoms with Gasteiger partial charge in [0.2, 0.25) is 13.3 Å². The maximum atomic E-state index is 3.60. The monoisotopic (exact) mass is 963 g/mol. The van der Waals surface area contributed by atoms with Gasteiger partial charge in [-0.05, 0) is 57.9 Å². The summed E-state index contributed by atoms with van der Waals surface area (Å²) in [6.45, 7) is 7.20. The van der Waals surface area contributed by atoms with Crippen molar-refractivity contribution in [1.82, 2.24) is 0 Å². The van der Waals surface area contributed by atoms with Crippen LogP contribution in [-0.4, -0.2) is 14.1 Å². The van der Waals surface area contributed by atoms with Gasteiger partial charge in [-0.15, -0.1) is 0 Å². The fourth-order valence-electron chi connectivity index (χ4n) is 6.17. The summed E-state index contributed by atoms with van der Waals surface area (Å²) in [7, 11) is 4.12. The number of anilines is 6. The molecule has 0 fully saturated rings. The van der Waals surface area contributed by atoms with Gasteiger partial charge in [0.1, 0.15) is 0 Å². The van der Waals surface area contributed by atoms with Crippen LogP contribution in [0.3, 0.4) is 0 Å². The van der Waals surface area contributed by atoms with Crippen LogP contribution in [0.4, 0.5) is 34.1 Å². The van der Waals surface area contributed by atoms with Crippen LogP contribution in [-0.2, 0) is 11.2 Å². The molecule has 0 atom stereocenters. The van der Waals surface area contributed by atoms with Crippen molar-refractivity contribution in [2.24, 2.45) is 0 Å². The van der Waals surface area contributed by atoms with Gasteiger partial charge < -0.3 is 19.6 Å².